The number of unbranched alkanes of at least 4 members (excludes halogenated alkanes) is 11. The molecule has 0 radical (unpaired) electrons. The number of benzene rings is 1. The topological polar surface area (TPSA) is 42.2 Å². The summed E-state index contributed by atoms with van der Waals surface area (Å²) in [7, 11) is 1.99. The molecular formula is C32H51N2O2+. The van der Waals surface area contributed by atoms with Crippen LogP contribution in [0.25, 0.3) is 0 Å². The fourth-order valence-electron chi connectivity index (χ4n) is 4.52. The van der Waals surface area contributed by atoms with E-state index in [9.17, 15) is 4.79 Å². The van der Waals surface area contributed by atoms with Crippen LogP contribution in [0.15, 0.2) is 42.6 Å². The smallest absolute Gasteiger partial charge is 0.251 e. The maximum Gasteiger partial charge on any atom is 0.251 e. The zero-order valence-corrected chi connectivity index (χ0v) is 23.7. The van der Waals surface area contributed by atoms with Gasteiger partial charge in [0.05, 0.1) is 6.61 Å². The summed E-state index contributed by atoms with van der Waals surface area (Å²) in [6.07, 6.45) is 18.1. The van der Waals surface area contributed by atoms with E-state index in [2.05, 4.69) is 33.0 Å². The third kappa shape index (κ3) is 11.1. The molecule has 0 fully saturated rings. The minimum Gasteiger partial charge on any atom is -0.493 e. The number of amides is 1. The number of aryl methyl sites for hydroxylation is 1. The Hall–Kier alpha value is -2.36. The summed E-state index contributed by atoms with van der Waals surface area (Å²) in [4.78, 5) is 12.8. The highest BCUT2D eigenvalue weighted by atomic mass is 16.5. The average Bonchev–Trinajstić information content (AvgIpc) is 2.85. The Balaban J connectivity index is 1.73. The van der Waals surface area contributed by atoms with Gasteiger partial charge in [-0.15, -0.1) is 0 Å². The lowest BCUT2D eigenvalue weighted by Crippen LogP contribution is -2.37. The van der Waals surface area contributed by atoms with Crippen LogP contribution in [-0.4, -0.2) is 12.5 Å². The van der Waals surface area contributed by atoms with Crippen molar-refractivity contribution in [2.24, 2.45) is 7.05 Å². The second-order valence-corrected chi connectivity index (χ2v) is 11.2. The van der Waals surface area contributed by atoms with Gasteiger partial charge in [-0.25, -0.2) is 4.57 Å². The van der Waals surface area contributed by atoms with Crippen molar-refractivity contribution >= 4 is 5.91 Å². The molecule has 0 aliphatic rings. The number of ether oxygens (including phenoxy) is 1. The van der Waals surface area contributed by atoms with Crippen LogP contribution in [0.3, 0.4) is 0 Å². The van der Waals surface area contributed by atoms with Crippen LogP contribution in [0.1, 0.15) is 126 Å². The molecule has 36 heavy (non-hydrogen) atoms. The zero-order chi connectivity index (χ0) is 26.2. The van der Waals surface area contributed by atoms with Crippen molar-refractivity contribution in [2.75, 3.05) is 6.61 Å². The molecule has 2 rings (SSSR count). The molecule has 1 N–H and O–H groups in total. The Labute approximate surface area is 220 Å². The van der Waals surface area contributed by atoms with Gasteiger partial charge in [0.1, 0.15) is 19.3 Å². The predicted octanol–water partition coefficient (Wildman–Crippen LogP) is 7.82. The van der Waals surface area contributed by atoms with Gasteiger partial charge in [0, 0.05) is 23.3 Å². The fraction of sp³-hybridized carbons (Fsp3) is 0.625. The number of nitrogens with zero attached hydrogens (tertiary/aromatic N) is 1. The third-order valence-electron chi connectivity index (χ3n) is 6.90. The van der Waals surface area contributed by atoms with Crippen LogP contribution in [0.4, 0.5) is 0 Å². The predicted molar refractivity (Wildman–Crippen MR) is 151 cm³/mol. The van der Waals surface area contributed by atoms with E-state index < -0.39 is 0 Å². The Morgan fingerprint density at radius 1 is 0.861 bits per heavy atom. The number of carbonyl (C=O) groups excluding carboxylic acids is 1. The Morgan fingerprint density at radius 2 is 1.47 bits per heavy atom. The van der Waals surface area contributed by atoms with Gasteiger partial charge in [-0.05, 0) is 30.0 Å². The second-order valence-electron chi connectivity index (χ2n) is 11.2. The molecule has 4 heteroatoms. The largest absolute Gasteiger partial charge is 0.493 e. The van der Waals surface area contributed by atoms with E-state index in [1.165, 1.54) is 70.6 Å². The molecule has 2 aromatic rings. The van der Waals surface area contributed by atoms with Gasteiger partial charge in [0.25, 0.3) is 5.91 Å². The molecule has 200 valence electrons. The molecule has 0 aliphatic carbocycles. The van der Waals surface area contributed by atoms with Gasteiger partial charge in [0.2, 0.25) is 0 Å². The van der Waals surface area contributed by atoms with E-state index in [1.807, 2.05) is 54.2 Å². The maximum atomic E-state index is 12.8. The molecule has 0 saturated heterocycles. The fourth-order valence-corrected chi connectivity index (χ4v) is 4.52. The van der Waals surface area contributed by atoms with E-state index in [4.69, 9.17) is 4.74 Å². The van der Waals surface area contributed by atoms with Crippen molar-refractivity contribution in [2.45, 2.75) is 117 Å². The summed E-state index contributed by atoms with van der Waals surface area (Å²) in [6, 6.07) is 11.8. The summed E-state index contributed by atoms with van der Waals surface area (Å²) >= 11 is 0. The number of hydrogen-bond donors (Lipinski definition) is 1. The molecule has 0 aliphatic heterocycles. The summed E-state index contributed by atoms with van der Waals surface area (Å²) in [5.74, 6) is 0.841. The van der Waals surface area contributed by atoms with Crippen LogP contribution < -0.4 is 14.6 Å². The SMILES string of the molecule is CCCCCCCCCCCCCCOc1ccc(C(=O)NCc2cccc[n+]2C)cc1C(C)(C)C. The monoisotopic (exact) mass is 495 g/mol. The molecule has 0 atom stereocenters. The van der Waals surface area contributed by atoms with Crippen molar-refractivity contribution in [1.29, 1.82) is 0 Å². The van der Waals surface area contributed by atoms with Gasteiger partial charge in [0.15, 0.2) is 11.9 Å². The van der Waals surface area contributed by atoms with Gasteiger partial charge in [-0.1, -0.05) is 104 Å². The maximum absolute atomic E-state index is 12.8. The van der Waals surface area contributed by atoms with Gasteiger partial charge < -0.3 is 10.1 Å². The first-order chi connectivity index (χ1) is 17.3. The van der Waals surface area contributed by atoms with Crippen LogP contribution in [0.5, 0.6) is 5.75 Å². The van der Waals surface area contributed by atoms with E-state index in [1.54, 1.807) is 0 Å². The molecule has 1 heterocycles. The van der Waals surface area contributed by atoms with Gasteiger partial charge >= 0.3 is 0 Å². The quantitative estimate of drug-likeness (QED) is 0.179. The molecule has 4 nitrogen and oxygen atoms in total. The number of carbonyl (C=O) groups is 1. The Morgan fingerprint density at radius 3 is 2.06 bits per heavy atom. The number of nitrogens with one attached hydrogen (secondary N) is 1. The first kappa shape index (κ1) is 29.9. The second kappa shape index (κ2) is 16.4. The molecule has 0 bridgehead atoms. The molecule has 1 amide bonds. The highest BCUT2D eigenvalue weighted by molar-refractivity contribution is 5.94. The van der Waals surface area contributed by atoms with Gasteiger partial charge in [-0.3, -0.25) is 4.79 Å². The molecule has 0 spiro atoms. The third-order valence-corrected chi connectivity index (χ3v) is 6.90. The Kier molecular flexibility index (Phi) is 13.6. The minimum absolute atomic E-state index is 0.0585. The molecule has 0 unspecified atom stereocenters. The average molecular weight is 496 g/mol. The van der Waals surface area contributed by atoms with E-state index in [0.29, 0.717) is 12.1 Å². The molecule has 1 aromatic heterocycles. The normalized spacial score (nSPS) is 11.5. The van der Waals surface area contributed by atoms with Crippen molar-refractivity contribution in [3.63, 3.8) is 0 Å². The van der Waals surface area contributed by atoms with Crippen molar-refractivity contribution in [3.8, 4) is 5.75 Å². The Bertz CT molecular complexity index is 901. The van der Waals surface area contributed by atoms with E-state index >= 15 is 0 Å². The molecular weight excluding hydrogens is 444 g/mol. The van der Waals surface area contributed by atoms with Crippen molar-refractivity contribution < 1.29 is 14.1 Å². The van der Waals surface area contributed by atoms with Crippen LogP contribution in [0.2, 0.25) is 0 Å². The van der Waals surface area contributed by atoms with E-state index in [-0.39, 0.29) is 11.3 Å². The summed E-state index contributed by atoms with van der Waals surface area (Å²) in [5.41, 5.74) is 2.72. The number of rotatable bonds is 17. The first-order valence-electron chi connectivity index (χ1n) is 14.3. The zero-order valence-electron chi connectivity index (χ0n) is 23.7. The van der Waals surface area contributed by atoms with Crippen LogP contribution in [0, 0.1) is 0 Å². The number of pyridine rings is 1. The highest BCUT2D eigenvalue weighted by Crippen LogP contribution is 2.32. The lowest BCUT2D eigenvalue weighted by molar-refractivity contribution is -0.679. The number of hydrogen-bond acceptors (Lipinski definition) is 2. The highest BCUT2D eigenvalue weighted by Gasteiger charge is 2.21. The van der Waals surface area contributed by atoms with Gasteiger partial charge in [-0.2, -0.15) is 0 Å². The summed E-state index contributed by atoms with van der Waals surface area (Å²) in [6.45, 7) is 10.0. The number of aromatic nitrogens is 1. The molecule has 1 aromatic carbocycles. The van der Waals surface area contributed by atoms with Crippen molar-refractivity contribution in [1.82, 2.24) is 5.32 Å². The minimum atomic E-state index is -0.103. The van der Waals surface area contributed by atoms with E-state index in [0.717, 1.165) is 30.0 Å². The molecule has 0 saturated carbocycles. The van der Waals surface area contributed by atoms with Crippen molar-refractivity contribution in [3.05, 3.63) is 59.4 Å². The van der Waals surface area contributed by atoms with Crippen LogP contribution in [-0.2, 0) is 19.0 Å². The lowest BCUT2D eigenvalue weighted by atomic mass is 9.85. The first-order valence-corrected chi connectivity index (χ1v) is 14.3. The summed E-state index contributed by atoms with van der Waals surface area (Å²) in [5, 5.41) is 3.05. The lowest BCUT2D eigenvalue weighted by Gasteiger charge is -2.23. The summed E-state index contributed by atoms with van der Waals surface area (Å²) < 4.78 is 8.22. The van der Waals surface area contributed by atoms with Crippen LogP contribution >= 0.6 is 0 Å². The standard InChI is InChI=1S/C32H50N2O2/c1-6-7-8-9-10-11-12-13-14-15-16-19-24-36-30-22-21-27(25-29(30)32(2,3)4)31(35)33-26-28-20-17-18-23-34(28)5/h17-18,20-23,25H,6-16,19,24,26H2,1-5H3/p+1.